The van der Waals surface area contributed by atoms with Gasteiger partial charge < -0.3 is 10.4 Å². The minimum atomic E-state index is -4.96. The molecule has 202 valence electrons. The van der Waals surface area contributed by atoms with E-state index in [0.29, 0.717) is 22.8 Å². The highest BCUT2D eigenvalue weighted by Crippen LogP contribution is 2.48. The molecule has 0 bridgehead atoms. The smallest absolute Gasteiger partial charge is 0.412 e. The fraction of sp³-hybridized carbons (Fsp3) is 0.167. The van der Waals surface area contributed by atoms with Gasteiger partial charge in [0.05, 0.1) is 0 Å². The first-order valence-corrected chi connectivity index (χ1v) is 12.5. The molecule has 2 N–H and O–H groups in total. The summed E-state index contributed by atoms with van der Waals surface area (Å²) >= 11 is 4.31. The van der Waals surface area contributed by atoms with Gasteiger partial charge in [0, 0.05) is 22.7 Å². The maximum Gasteiger partial charge on any atom is 0.412 e. The minimum Gasteiger partial charge on any atom is -0.480 e. The van der Waals surface area contributed by atoms with Crippen molar-refractivity contribution in [3.63, 3.8) is 0 Å². The molecule has 9 heteroatoms. The number of alkyl halides is 3. The molecule has 4 aromatic carbocycles. The van der Waals surface area contributed by atoms with E-state index in [9.17, 15) is 31.9 Å². The number of carbonyl (C=O) groups is 1. The molecule has 0 aliphatic rings. The van der Waals surface area contributed by atoms with Crippen molar-refractivity contribution in [2.24, 2.45) is 0 Å². The van der Waals surface area contributed by atoms with Gasteiger partial charge in [-0.1, -0.05) is 84.9 Å². The van der Waals surface area contributed by atoms with Crippen LogP contribution in [-0.2, 0) is 10.2 Å². The fourth-order valence-electron chi connectivity index (χ4n) is 4.85. The summed E-state index contributed by atoms with van der Waals surface area (Å²) in [6.45, 7) is 0. The number of thiol groups is 1. The highest BCUT2D eigenvalue weighted by atomic mass is 32.1. The van der Waals surface area contributed by atoms with Gasteiger partial charge in [0.25, 0.3) is 0 Å². The molecule has 0 fully saturated rings. The first-order valence-electron chi connectivity index (χ1n) is 11.9. The normalized spacial score (nSPS) is 13.5. The molecule has 0 amide bonds. The molecule has 39 heavy (non-hydrogen) atoms. The summed E-state index contributed by atoms with van der Waals surface area (Å²) in [6.07, 6.45) is -5.07. The molecule has 0 heterocycles. The Morgan fingerprint density at radius 3 is 1.87 bits per heavy atom. The zero-order chi connectivity index (χ0) is 28.2. The lowest BCUT2D eigenvalue weighted by Gasteiger charge is -2.39. The molecule has 0 saturated carbocycles. The second-order valence-corrected chi connectivity index (χ2v) is 9.65. The van der Waals surface area contributed by atoms with Crippen molar-refractivity contribution >= 4 is 24.3 Å². The summed E-state index contributed by atoms with van der Waals surface area (Å²) in [5.74, 6) is -3.54. The van der Waals surface area contributed by atoms with Crippen LogP contribution in [0.3, 0.4) is 0 Å². The monoisotopic (exact) mass is 557 g/mol. The Morgan fingerprint density at radius 1 is 0.821 bits per heavy atom. The summed E-state index contributed by atoms with van der Waals surface area (Å²) in [7, 11) is 0. The van der Waals surface area contributed by atoms with Crippen LogP contribution < -0.4 is 5.32 Å². The third-order valence-electron chi connectivity index (χ3n) is 6.61. The largest absolute Gasteiger partial charge is 0.480 e. The van der Waals surface area contributed by atoms with E-state index < -0.39 is 46.1 Å². The average Bonchev–Trinajstić information content (AvgIpc) is 2.91. The van der Waals surface area contributed by atoms with Gasteiger partial charge in [-0.3, -0.25) is 4.79 Å². The minimum absolute atomic E-state index is 0.00202. The van der Waals surface area contributed by atoms with E-state index >= 15 is 0 Å². The third-order valence-corrected chi connectivity index (χ3v) is 7.01. The molecule has 4 rings (SSSR count). The number of hydrogen-bond donors (Lipinski definition) is 3. The van der Waals surface area contributed by atoms with Gasteiger partial charge in [0.2, 0.25) is 0 Å². The number of carboxylic acids is 1. The van der Waals surface area contributed by atoms with Gasteiger partial charge in [0.1, 0.15) is 16.9 Å². The van der Waals surface area contributed by atoms with Gasteiger partial charge in [-0.2, -0.15) is 25.8 Å². The third kappa shape index (κ3) is 5.93. The second kappa shape index (κ2) is 11.5. The van der Waals surface area contributed by atoms with Crippen LogP contribution in [0.4, 0.5) is 27.6 Å². The maximum atomic E-state index is 14.6. The highest BCUT2D eigenvalue weighted by molar-refractivity contribution is 7.81. The Bertz CT molecular complexity index is 1390. The molecule has 0 spiro atoms. The number of para-hydroxylation sites is 1. The van der Waals surface area contributed by atoms with E-state index in [-0.39, 0.29) is 12.1 Å². The van der Waals surface area contributed by atoms with Gasteiger partial charge in [-0.05, 0) is 35.2 Å². The Morgan fingerprint density at radius 2 is 1.36 bits per heavy atom. The Balaban J connectivity index is 1.99. The van der Waals surface area contributed by atoms with Crippen LogP contribution in [-0.4, -0.2) is 22.5 Å². The predicted octanol–water partition coefficient (Wildman–Crippen LogP) is 7.79. The number of anilines is 1. The van der Waals surface area contributed by atoms with Crippen molar-refractivity contribution in [3.8, 4) is 0 Å². The zero-order valence-corrected chi connectivity index (χ0v) is 21.3. The van der Waals surface area contributed by atoms with Crippen molar-refractivity contribution < 1.29 is 31.9 Å². The van der Waals surface area contributed by atoms with E-state index in [2.05, 4.69) is 17.9 Å². The number of nitrogens with one attached hydrogen (secondary N) is 1. The zero-order valence-electron chi connectivity index (χ0n) is 20.4. The summed E-state index contributed by atoms with van der Waals surface area (Å²) in [4.78, 5) is 12.0. The molecular formula is C30H24F5NO2S. The SMILES string of the molecule is O=C(O)C(S)CC(c1ccccc1)(c1ccccc1)c1ccccc1NC(c1ccc(F)cc1F)C(F)(F)F. The van der Waals surface area contributed by atoms with Crippen LogP contribution in [0.2, 0.25) is 0 Å². The number of benzene rings is 4. The van der Waals surface area contributed by atoms with Crippen molar-refractivity contribution in [2.75, 3.05) is 5.32 Å². The molecule has 0 aliphatic heterocycles. The lowest BCUT2D eigenvalue weighted by molar-refractivity contribution is -0.144. The molecule has 0 radical (unpaired) electrons. The fourth-order valence-corrected chi connectivity index (χ4v) is 5.13. The van der Waals surface area contributed by atoms with Crippen LogP contribution >= 0.6 is 12.6 Å². The predicted molar refractivity (Wildman–Crippen MR) is 143 cm³/mol. The second-order valence-electron chi connectivity index (χ2n) is 9.03. The molecule has 0 aliphatic carbocycles. The van der Waals surface area contributed by atoms with Crippen molar-refractivity contribution in [2.45, 2.75) is 29.3 Å². The Hall–Kier alpha value is -3.85. The number of hydrogen-bond acceptors (Lipinski definition) is 3. The van der Waals surface area contributed by atoms with Gasteiger partial charge in [-0.25, -0.2) is 8.78 Å². The van der Waals surface area contributed by atoms with E-state index in [0.717, 1.165) is 12.1 Å². The van der Waals surface area contributed by atoms with Crippen LogP contribution in [0, 0.1) is 11.6 Å². The summed E-state index contributed by atoms with van der Waals surface area (Å²) in [6, 6.07) is 23.2. The van der Waals surface area contributed by atoms with E-state index in [1.807, 2.05) is 0 Å². The first kappa shape index (κ1) is 28.2. The lowest BCUT2D eigenvalue weighted by atomic mass is 9.66. The van der Waals surface area contributed by atoms with Crippen LogP contribution in [0.1, 0.15) is 34.7 Å². The number of aliphatic carboxylic acids is 1. The average molecular weight is 558 g/mol. The first-order chi connectivity index (χ1) is 18.5. The van der Waals surface area contributed by atoms with Gasteiger partial charge in [-0.15, -0.1) is 0 Å². The van der Waals surface area contributed by atoms with Crippen LogP contribution in [0.25, 0.3) is 0 Å². The lowest BCUT2D eigenvalue weighted by Crippen LogP contribution is -2.36. The van der Waals surface area contributed by atoms with Gasteiger partial charge >= 0.3 is 12.1 Å². The molecule has 0 aromatic heterocycles. The van der Waals surface area contributed by atoms with E-state index in [1.54, 1.807) is 72.8 Å². The molecular weight excluding hydrogens is 533 g/mol. The Labute approximate surface area is 227 Å². The quantitative estimate of drug-likeness (QED) is 0.112. The molecule has 2 unspecified atom stereocenters. The summed E-state index contributed by atoms with van der Waals surface area (Å²) in [5, 5.41) is 11.1. The molecule has 2 atom stereocenters. The number of halogens is 5. The van der Waals surface area contributed by atoms with Crippen molar-refractivity contribution in [3.05, 3.63) is 137 Å². The molecule has 0 saturated heterocycles. The summed E-state index contributed by atoms with van der Waals surface area (Å²) < 4.78 is 71.2. The van der Waals surface area contributed by atoms with Crippen LogP contribution in [0.15, 0.2) is 103 Å². The molecule has 3 nitrogen and oxygen atoms in total. The van der Waals surface area contributed by atoms with Crippen molar-refractivity contribution in [1.29, 1.82) is 0 Å². The van der Waals surface area contributed by atoms with E-state index in [4.69, 9.17) is 0 Å². The Kier molecular flexibility index (Phi) is 8.30. The highest BCUT2D eigenvalue weighted by Gasteiger charge is 2.45. The maximum absolute atomic E-state index is 14.6. The standard InChI is InChI=1S/C30H24F5NO2S/c31-21-15-16-22(24(32)17-21)27(30(33,34)35)36-25-14-8-7-13-23(25)29(18-26(39)28(37)38,19-9-3-1-4-10-19)20-11-5-2-6-12-20/h1-17,26-27,36,39H,18H2,(H,37,38). The summed E-state index contributed by atoms with van der Waals surface area (Å²) in [5.41, 5.74) is -0.457. The van der Waals surface area contributed by atoms with Gasteiger partial charge in [0.15, 0.2) is 6.04 Å². The van der Waals surface area contributed by atoms with Crippen LogP contribution in [0.5, 0.6) is 0 Å². The number of rotatable bonds is 9. The number of carboxylic acid groups (broad SMARTS) is 1. The topological polar surface area (TPSA) is 49.3 Å². The molecule has 4 aromatic rings. The van der Waals surface area contributed by atoms with E-state index in [1.165, 1.54) is 12.1 Å². The van der Waals surface area contributed by atoms with Crippen molar-refractivity contribution in [1.82, 2.24) is 0 Å².